The van der Waals surface area contributed by atoms with Gasteiger partial charge in [-0.15, -0.1) is 0 Å². The zero-order valence-electron chi connectivity index (χ0n) is 46.8. The van der Waals surface area contributed by atoms with E-state index in [2.05, 4.69) is 31.9 Å². The number of esters is 1. The number of alkyl carbamates (subject to hydrolysis) is 1. The fourth-order valence-corrected chi connectivity index (χ4v) is 10.4. The number of likely N-dealkylation sites (N-methyl/N-ethyl adjacent to an activating group) is 1. The molecule has 0 aliphatic carbocycles. The van der Waals surface area contributed by atoms with Crippen molar-refractivity contribution in [2.45, 2.75) is 122 Å². The topological polar surface area (TPSA) is 258 Å². The van der Waals surface area contributed by atoms with E-state index in [4.69, 9.17) is 40.0 Å². The molecule has 2 fully saturated rings. The highest BCUT2D eigenvalue weighted by Crippen LogP contribution is 2.49. The standard InChI is InChI=1S/C57H78ClN7O14/c1-35-13-12-14-36(2)57(73)31-47(77-55(72)62-57)37(3)52-56(5,79-52)48(30-50(69)64(8)45-26-39(25-35)27-46(74-9)51(45)58)78-54(71)38(4)63(7)49(68)18-21-75-23-24-76-22-19-61-53(70)41(32-60-34-66)29-43(67)17-20-65-42(33-59-6)28-40-15-10-11-16-44(40)65/h10-16,26-28,34,36-38,41,47-48,52,59,73H,17-25,29-33H2,1-9H3,(H,60,66)(H,61,70)(H,62,72)/b14-12+,35-13+/t36-,37-,38+,41+,47+,48+,52+,56-,57+/m1/s1. The van der Waals surface area contributed by atoms with Crippen molar-refractivity contribution in [3.8, 4) is 5.75 Å². The third-order valence-electron chi connectivity index (χ3n) is 15.2. The number of nitrogens with zero attached hydrogens (tertiary/aromatic N) is 3. The summed E-state index contributed by atoms with van der Waals surface area (Å²) < 4.78 is 37.1. The summed E-state index contributed by atoms with van der Waals surface area (Å²) in [5.74, 6) is -3.68. The number of ether oxygens (including phenoxy) is 6. The van der Waals surface area contributed by atoms with Crippen LogP contribution in [0.2, 0.25) is 5.02 Å². The lowest BCUT2D eigenvalue weighted by molar-refractivity contribution is -0.162. The molecule has 79 heavy (non-hydrogen) atoms. The number of methoxy groups -OCH3 is 1. The molecule has 0 saturated carbocycles. The van der Waals surface area contributed by atoms with E-state index in [0.29, 0.717) is 37.4 Å². The van der Waals surface area contributed by atoms with Gasteiger partial charge in [0, 0.05) is 82.6 Å². The lowest BCUT2D eigenvalue weighted by Crippen LogP contribution is -2.60. The Morgan fingerprint density at radius 2 is 1.80 bits per heavy atom. The molecule has 432 valence electrons. The summed E-state index contributed by atoms with van der Waals surface area (Å²) >= 11 is 6.82. The number of amides is 5. The van der Waals surface area contributed by atoms with E-state index < -0.39 is 83.2 Å². The first-order valence-corrected chi connectivity index (χ1v) is 27.2. The number of epoxide rings is 1. The lowest BCUT2D eigenvalue weighted by atomic mass is 9.82. The van der Waals surface area contributed by atoms with Crippen LogP contribution in [0.3, 0.4) is 0 Å². The average molecular weight is 1120 g/mol. The van der Waals surface area contributed by atoms with E-state index in [-0.39, 0.29) is 82.4 Å². The SMILES string of the molecule is CNCc1cc2ccccc2n1CCC(=O)C[C@@H](CNC=O)C(=O)NCCOCCOCCC(=O)N(C)[C@@H](C)C(=O)O[C@H]1CC(=O)N(C)c2cc(cc(OC)c2Cl)C/C(C)=C/C=C/[C@@H](C)[C@@]2(O)C[C@H](OC(=O)N2)[C@@H](C)[C@@H]2O[C@]12C. The lowest BCUT2D eigenvalue weighted by Gasteiger charge is -2.41. The van der Waals surface area contributed by atoms with Gasteiger partial charge in [-0.1, -0.05) is 67.4 Å². The second-order valence-corrected chi connectivity index (χ2v) is 21.3. The van der Waals surface area contributed by atoms with E-state index in [0.717, 1.165) is 27.7 Å². The van der Waals surface area contributed by atoms with Gasteiger partial charge in [-0.3, -0.25) is 29.3 Å². The summed E-state index contributed by atoms with van der Waals surface area (Å²) in [6.07, 6.45) is 2.70. The highest BCUT2D eigenvalue weighted by molar-refractivity contribution is 6.35. The van der Waals surface area contributed by atoms with Crippen molar-refractivity contribution in [3.63, 3.8) is 0 Å². The van der Waals surface area contributed by atoms with E-state index in [1.165, 1.54) is 30.9 Å². The third kappa shape index (κ3) is 15.9. The van der Waals surface area contributed by atoms with Crippen LogP contribution < -0.4 is 30.9 Å². The van der Waals surface area contributed by atoms with Crippen LogP contribution in [0, 0.1) is 17.8 Å². The first kappa shape index (κ1) is 61.8. The molecular formula is C57H78ClN7O14. The number of allylic oxidation sites excluding steroid dienone is 3. The number of aliphatic hydroxyl groups is 1. The zero-order valence-corrected chi connectivity index (χ0v) is 47.5. The van der Waals surface area contributed by atoms with Gasteiger partial charge in [-0.25, -0.2) is 9.59 Å². The van der Waals surface area contributed by atoms with Gasteiger partial charge in [0.05, 0.1) is 64.1 Å². The summed E-state index contributed by atoms with van der Waals surface area (Å²) in [6.45, 7) is 10.4. The molecule has 6 rings (SSSR count). The molecule has 0 spiro atoms. The molecule has 21 nitrogen and oxygen atoms in total. The Morgan fingerprint density at radius 3 is 2.52 bits per heavy atom. The predicted octanol–water partition coefficient (Wildman–Crippen LogP) is 4.76. The van der Waals surface area contributed by atoms with Crippen molar-refractivity contribution >= 4 is 70.2 Å². The van der Waals surface area contributed by atoms with Crippen LogP contribution in [-0.4, -0.2) is 160 Å². The molecule has 0 radical (unpaired) electrons. The second kappa shape index (κ2) is 28.2. The molecule has 2 saturated heterocycles. The molecule has 5 N–H and O–H groups in total. The number of carbonyl (C=O) groups is 7. The monoisotopic (exact) mass is 1120 g/mol. The minimum absolute atomic E-state index is 0.000442. The number of aryl methyl sites for hydroxylation is 1. The van der Waals surface area contributed by atoms with Gasteiger partial charge in [0.25, 0.3) is 0 Å². The number of aromatic nitrogens is 1. The van der Waals surface area contributed by atoms with Crippen molar-refractivity contribution < 1.29 is 67.1 Å². The summed E-state index contributed by atoms with van der Waals surface area (Å²) in [7, 11) is 6.36. The number of hydrogen-bond acceptors (Lipinski definition) is 15. The Balaban J connectivity index is 0.994. The van der Waals surface area contributed by atoms with Gasteiger partial charge in [0.15, 0.2) is 0 Å². The highest BCUT2D eigenvalue weighted by atomic mass is 35.5. The second-order valence-electron chi connectivity index (χ2n) is 20.9. The van der Waals surface area contributed by atoms with E-state index >= 15 is 0 Å². The quantitative estimate of drug-likeness (QED) is 0.0351. The van der Waals surface area contributed by atoms with Crippen LogP contribution in [0.25, 0.3) is 10.9 Å². The predicted molar refractivity (Wildman–Crippen MR) is 295 cm³/mol. The number of hydrogen-bond donors (Lipinski definition) is 5. The molecule has 0 unspecified atom stereocenters. The van der Waals surface area contributed by atoms with Crippen molar-refractivity contribution in [3.05, 3.63) is 82.5 Å². The van der Waals surface area contributed by atoms with Crippen LogP contribution in [-0.2, 0) is 72.0 Å². The molecule has 3 aliphatic rings. The van der Waals surface area contributed by atoms with E-state index in [1.54, 1.807) is 46.0 Å². The minimum Gasteiger partial charge on any atom is -0.495 e. The van der Waals surface area contributed by atoms with E-state index in [1.807, 2.05) is 50.4 Å². The molecule has 3 aromatic rings. The number of para-hydroxylation sites is 1. The molecule has 22 heteroatoms. The molecule has 3 aliphatic heterocycles. The fraction of sp³-hybridized carbons (Fsp3) is 0.561. The summed E-state index contributed by atoms with van der Waals surface area (Å²) in [4.78, 5) is 94.7. The van der Waals surface area contributed by atoms with Gasteiger partial charge >= 0.3 is 12.1 Å². The first-order valence-electron chi connectivity index (χ1n) is 26.8. The minimum atomic E-state index is -1.66. The Kier molecular flexibility index (Phi) is 22.1. The largest absolute Gasteiger partial charge is 0.495 e. The van der Waals surface area contributed by atoms with Crippen LogP contribution >= 0.6 is 11.6 Å². The number of nitrogens with one attached hydrogen (secondary N) is 4. The Labute approximate surface area is 467 Å². The first-order chi connectivity index (χ1) is 37.6. The number of benzene rings is 2. The number of Topliss-reactive ketones (excluding diaryl/α,β-unsaturated/α-hetero) is 1. The highest BCUT2D eigenvalue weighted by Gasteiger charge is 2.64. The number of halogens is 1. The maximum absolute atomic E-state index is 14.3. The van der Waals surface area contributed by atoms with Crippen LogP contribution in [0.4, 0.5) is 10.5 Å². The van der Waals surface area contributed by atoms with Gasteiger partial charge < -0.3 is 63.8 Å². The Morgan fingerprint density at radius 1 is 1.06 bits per heavy atom. The third-order valence-corrected chi connectivity index (χ3v) is 15.6. The number of rotatable bonds is 24. The van der Waals surface area contributed by atoms with Crippen LogP contribution in [0.15, 0.2) is 66.3 Å². The fourth-order valence-electron chi connectivity index (χ4n) is 10.1. The zero-order chi connectivity index (χ0) is 57.6. The van der Waals surface area contributed by atoms with Gasteiger partial charge in [-0.05, 0) is 69.5 Å². The van der Waals surface area contributed by atoms with Crippen molar-refractivity contribution in [1.82, 2.24) is 30.7 Å². The summed E-state index contributed by atoms with van der Waals surface area (Å²) in [5.41, 5.74) is 1.25. The van der Waals surface area contributed by atoms with Crippen LogP contribution in [0.5, 0.6) is 5.75 Å². The van der Waals surface area contributed by atoms with Crippen molar-refractivity contribution in [2.75, 3.05) is 72.7 Å². The van der Waals surface area contributed by atoms with Gasteiger partial charge in [0.1, 0.15) is 46.1 Å². The smallest absolute Gasteiger partial charge is 0.409 e. The van der Waals surface area contributed by atoms with E-state index in [9.17, 15) is 38.7 Å². The molecule has 2 aromatic carbocycles. The number of fused-ring (bicyclic) bond motifs is 6. The molecule has 9 atom stereocenters. The number of ketones is 1. The number of carbonyl (C=O) groups excluding carboxylic acids is 7. The molecule has 4 bridgehead atoms. The molecule has 5 amide bonds. The maximum atomic E-state index is 14.3. The van der Waals surface area contributed by atoms with Gasteiger partial charge in [0.2, 0.25) is 24.1 Å². The van der Waals surface area contributed by atoms with Crippen molar-refractivity contribution in [1.29, 1.82) is 0 Å². The maximum Gasteiger partial charge on any atom is 0.409 e. The Bertz CT molecular complexity index is 2730. The average Bonchev–Trinajstić information content (AvgIpc) is 4.10. The van der Waals surface area contributed by atoms with Crippen molar-refractivity contribution in [2.24, 2.45) is 17.8 Å². The number of anilines is 1. The molecule has 1 aromatic heterocycles. The normalized spacial score (nSPS) is 25.1. The summed E-state index contributed by atoms with van der Waals surface area (Å²) in [5, 5.41) is 24.1. The molecule has 4 heterocycles. The van der Waals surface area contributed by atoms with Crippen LogP contribution in [0.1, 0.15) is 78.0 Å². The Hall–Kier alpha value is -6.36. The molecular weight excluding hydrogens is 1040 g/mol. The summed E-state index contributed by atoms with van der Waals surface area (Å²) in [6, 6.07) is 12.5. The van der Waals surface area contributed by atoms with Gasteiger partial charge in [-0.2, -0.15) is 0 Å².